The van der Waals surface area contributed by atoms with E-state index >= 15 is 0 Å². The Morgan fingerprint density at radius 3 is 2.23 bits per heavy atom. The van der Waals surface area contributed by atoms with Gasteiger partial charge < -0.3 is 14.8 Å². The number of amides is 1. The minimum absolute atomic E-state index is 0.221. The molecule has 44 heavy (non-hydrogen) atoms. The van der Waals surface area contributed by atoms with Gasteiger partial charge in [0.2, 0.25) is 0 Å². The molecule has 0 spiro atoms. The highest BCUT2D eigenvalue weighted by molar-refractivity contribution is 6.56. The Balaban J connectivity index is 1.23. The van der Waals surface area contributed by atoms with E-state index in [4.69, 9.17) is 0 Å². The van der Waals surface area contributed by atoms with E-state index < -0.39 is 9.52 Å². The molecular weight excluding hydrogens is 564 g/mol. The highest BCUT2D eigenvalue weighted by Gasteiger charge is 2.20. The lowest BCUT2D eigenvalue weighted by atomic mass is 10.0. The summed E-state index contributed by atoms with van der Waals surface area (Å²) >= 11 is 0. The molecule has 0 radical (unpaired) electrons. The zero-order valence-corrected chi connectivity index (χ0v) is 25.8. The fourth-order valence-corrected chi connectivity index (χ4v) is 8.12. The molecule has 1 aliphatic heterocycles. The first-order valence-electron chi connectivity index (χ1n) is 15.1. The zero-order chi connectivity index (χ0) is 29.9. The van der Waals surface area contributed by atoms with E-state index in [1.807, 2.05) is 28.8 Å². The molecule has 0 bridgehead atoms. The van der Waals surface area contributed by atoms with E-state index in [0.717, 1.165) is 35.4 Å². The van der Waals surface area contributed by atoms with Gasteiger partial charge >= 0.3 is 0 Å². The standard InChI is InChI=1S/C37H33FN4OSi/c38-30-14-7-9-26(21-30)25-42-33-17-16-32(44-36(27-10-3-1-4-11-27)28-12-5-2-6-13-28)22-29(33)23-34(42)37(43)40-31-15-18-35(39-24-31)41-19-8-20-41/h1-7,9-18,21-24,36H,8,19-20,25,44H2,(H,40,43). The molecule has 0 unspecified atom stereocenters. The van der Waals surface area contributed by atoms with Gasteiger partial charge in [0.15, 0.2) is 0 Å². The molecule has 1 N–H and O–H groups in total. The van der Waals surface area contributed by atoms with Crippen LogP contribution >= 0.6 is 0 Å². The fraction of sp³-hybridized carbons (Fsp3) is 0.135. The third-order valence-corrected chi connectivity index (χ3v) is 10.7. The Morgan fingerprint density at radius 2 is 1.59 bits per heavy atom. The number of pyridine rings is 1. The average Bonchev–Trinajstić information content (AvgIpc) is 3.38. The summed E-state index contributed by atoms with van der Waals surface area (Å²) in [5.74, 6) is 0.413. The summed E-state index contributed by atoms with van der Waals surface area (Å²) < 4.78 is 16.1. The van der Waals surface area contributed by atoms with Gasteiger partial charge in [0, 0.05) is 36.1 Å². The molecular formula is C37H33FN4OSi. The summed E-state index contributed by atoms with van der Waals surface area (Å²) in [5, 5.41) is 5.36. The van der Waals surface area contributed by atoms with E-state index in [0.29, 0.717) is 23.5 Å². The van der Waals surface area contributed by atoms with Crippen LogP contribution in [0.25, 0.3) is 10.9 Å². The maximum absolute atomic E-state index is 14.1. The zero-order valence-electron chi connectivity index (χ0n) is 24.4. The van der Waals surface area contributed by atoms with Crippen LogP contribution in [0.3, 0.4) is 0 Å². The van der Waals surface area contributed by atoms with Crippen LogP contribution in [-0.4, -0.2) is 38.1 Å². The number of anilines is 2. The molecule has 7 heteroatoms. The molecule has 3 heterocycles. The molecule has 0 atom stereocenters. The number of halogens is 1. The molecule has 5 nitrogen and oxygen atoms in total. The van der Waals surface area contributed by atoms with Crippen LogP contribution in [-0.2, 0) is 6.54 Å². The van der Waals surface area contributed by atoms with Crippen LogP contribution in [0.1, 0.15) is 39.1 Å². The molecule has 0 saturated carbocycles. The van der Waals surface area contributed by atoms with Crippen molar-refractivity contribution in [3.05, 3.63) is 156 Å². The molecule has 218 valence electrons. The Hall–Kier alpha value is -5.01. The van der Waals surface area contributed by atoms with Gasteiger partial charge in [0.05, 0.1) is 21.4 Å². The van der Waals surface area contributed by atoms with Gasteiger partial charge in [-0.05, 0) is 59.5 Å². The number of carbonyl (C=O) groups excluding carboxylic acids is 1. The molecule has 1 saturated heterocycles. The van der Waals surface area contributed by atoms with Crippen LogP contribution in [0.4, 0.5) is 15.9 Å². The average molecular weight is 597 g/mol. The lowest BCUT2D eigenvalue weighted by molar-refractivity contribution is 0.101. The van der Waals surface area contributed by atoms with E-state index in [9.17, 15) is 9.18 Å². The largest absolute Gasteiger partial charge is 0.356 e. The molecule has 1 aliphatic rings. The number of nitrogens with one attached hydrogen (secondary N) is 1. The van der Waals surface area contributed by atoms with Crippen LogP contribution in [0, 0.1) is 5.82 Å². The second-order valence-electron chi connectivity index (χ2n) is 11.4. The first kappa shape index (κ1) is 27.8. The summed E-state index contributed by atoms with van der Waals surface area (Å²) in [5.41, 5.74) is 5.88. The van der Waals surface area contributed by atoms with Gasteiger partial charge in [0.25, 0.3) is 5.91 Å². The number of hydrogen-bond donors (Lipinski definition) is 1. The summed E-state index contributed by atoms with van der Waals surface area (Å²) in [6.45, 7) is 2.41. The number of fused-ring (bicyclic) bond motifs is 1. The van der Waals surface area contributed by atoms with Gasteiger partial charge in [-0.25, -0.2) is 9.37 Å². The lowest BCUT2D eigenvalue weighted by Gasteiger charge is -2.31. The van der Waals surface area contributed by atoms with Crippen LogP contribution < -0.4 is 15.4 Å². The predicted octanol–water partition coefficient (Wildman–Crippen LogP) is 6.27. The quantitative estimate of drug-likeness (QED) is 0.200. The van der Waals surface area contributed by atoms with Gasteiger partial charge in [-0.3, -0.25) is 4.79 Å². The van der Waals surface area contributed by atoms with Crippen LogP contribution in [0.15, 0.2) is 128 Å². The fourth-order valence-electron chi connectivity index (χ4n) is 6.05. The minimum Gasteiger partial charge on any atom is -0.356 e. The molecule has 2 aromatic heterocycles. The van der Waals surface area contributed by atoms with Crippen molar-refractivity contribution in [3.63, 3.8) is 0 Å². The van der Waals surface area contributed by atoms with Gasteiger partial charge in [0.1, 0.15) is 17.3 Å². The maximum atomic E-state index is 14.1. The van der Waals surface area contributed by atoms with E-state index in [1.165, 1.54) is 34.9 Å². The number of nitrogens with zero attached hydrogens (tertiary/aromatic N) is 3. The monoisotopic (exact) mass is 596 g/mol. The summed E-state index contributed by atoms with van der Waals surface area (Å²) in [4.78, 5) is 20.5. The number of aromatic nitrogens is 2. The summed E-state index contributed by atoms with van der Waals surface area (Å²) in [6, 6.07) is 40.3. The van der Waals surface area contributed by atoms with Crippen molar-refractivity contribution in [2.75, 3.05) is 23.3 Å². The predicted molar refractivity (Wildman–Crippen MR) is 179 cm³/mol. The summed E-state index contributed by atoms with van der Waals surface area (Å²) in [6.07, 6.45) is 2.89. The topological polar surface area (TPSA) is 50.2 Å². The normalized spacial score (nSPS) is 13.1. The Bertz CT molecular complexity index is 1860. The van der Waals surface area contributed by atoms with Crippen molar-refractivity contribution >= 4 is 43.0 Å². The molecule has 1 fully saturated rings. The molecule has 4 aromatic carbocycles. The van der Waals surface area contributed by atoms with Crippen molar-refractivity contribution in [2.45, 2.75) is 18.5 Å². The van der Waals surface area contributed by atoms with E-state index in [1.54, 1.807) is 12.3 Å². The SMILES string of the molecule is O=C(Nc1ccc(N2CCC2)nc1)c1cc2cc([SiH2]C(c3ccccc3)c3ccccc3)ccc2n1Cc1cccc(F)c1. The maximum Gasteiger partial charge on any atom is 0.272 e. The summed E-state index contributed by atoms with van der Waals surface area (Å²) in [7, 11) is -0.794. The molecule has 7 rings (SSSR count). The lowest BCUT2D eigenvalue weighted by Crippen LogP contribution is -2.37. The number of carbonyl (C=O) groups is 1. The van der Waals surface area contributed by atoms with Crippen molar-refractivity contribution in [3.8, 4) is 0 Å². The smallest absolute Gasteiger partial charge is 0.272 e. The van der Waals surface area contributed by atoms with Crippen molar-refractivity contribution < 1.29 is 9.18 Å². The first-order chi connectivity index (χ1) is 21.6. The van der Waals surface area contributed by atoms with E-state index in [-0.39, 0.29) is 11.7 Å². The molecule has 6 aromatic rings. The number of hydrogen-bond acceptors (Lipinski definition) is 3. The van der Waals surface area contributed by atoms with Crippen molar-refractivity contribution in [1.82, 2.24) is 9.55 Å². The highest BCUT2D eigenvalue weighted by Crippen LogP contribution is 2.26. The van der Waals surface area contributed by atoms with Crippen molar-refractivity contribution in [2.24, 2.45) is 0 Å². The first-order valence-corrected chi connectivity index (χ1v) is 16.6. The van der Waals surface area contributed by atoms with Gasteiger partial charge in [-0.15, -0.1) is 0 Å². The van der Waals surface area contributed by atoms with Crippen LogP contribution in [0.2, 0.25) is 0 Å². The Kier molecular flexibility index (Phi) is 7.77. The second-order valence-corrected chi connectivity index (χ2v) is 13.5. The Morgan fingerprint density at radius 1 is 0.841 bits per heavy atom. The molecule has 0 aliphatic carbocycles. The van der Waals surface area contributed by atoms with Crippen LogP contribution in [0.5, 0.6) is 0 Å². The Labute approximate surface area is 258 Å². The minimum atomic E-state index is -0.794. The van der Waals surface area contributed by atoms with Gasteiger partial charge in [-0.1, -0.05) is 90.1 Å². The third-order valence-electron chi connectivity index (χ3n) is 8.46. The van der Waals surface area contributed by atoms with E-state index in [2.05, 4.69) is 94.1 Å². The number of benzene rings is 4. The van der Waals surface area contributed by atoms with Crippen molar-refractivity contribution in [1.29, 1.82) is 0 Å². The molecule has 1 amide bonds. The third kappa shape index (κ3) is 5.92. The number of rotatable bonds is 9. The highest BCUT2D eigenvalue weighted by atomic mass is 28.2. The van der Waals surface area contributed by atoms with Gasteiger partial charge in [-0.2, -0.15) is 0 Å². The second kappa shape index (κ2) is 12.3.